The summed E-state index contributed by atoms with van der Waals surface area (Å²) in [6, 6.07) is 3.59. The highest BCUT2D eigenvalue weighted by molar-refractivity contribution is 5.94. The molecule has 29 heavy (non-hydrogen) atoms. The van der Waals surface area contributed by atoms with Crippen molar-refractivity contribution in [1.29, 1.82) is 0 Å². The number of piperazine rings is 1. The molecule has 3 fully saturated rings. The molecule has 156 valence electrons. The molecule has 0 aliphatic carbocycles. The summed E-state index contributed by atoms with van der Waals surface area (Å²) in [5.74, 6) is -0.216. The van der Waals surface area contributed by atoms with E-state index in [2.05, 4.69) is 15.2 Å². The fraction of sp³-hybridized carbons (Fsp3) is 0.600. The maximum Gasteiger partial charge on any atom is 0.255 e. The Balaban J connectivity index is 1.44. The van der Waals surface area contributed by atoms with Crippen molar-refractivity contribution < 1.29 is 19.5 Å². The predicted molar refractivity (Wildman–Crippen MR) is 104 cm³/mol. The van der Waals surface area contributed by atoms with E-state index in [0.29, 0.717) is 51.3 Å². The van der Waals surface area contributed by atoms with Crippen molar-refractivity contribution in [3.8, 4) is 0 Å². The number of aromatic nitrogens is 1. The maximum absolute atomic E-state index is 12.7. The molecular formula is C20H27N5O4. The monoisotopic (exact) mass is 401 g/mol. The summed E-state index contributed by atoms with van der Waals surface area (Å²) in [4.78, 5) is 46.4. The first kappa shape index (κ1) is 19.8. The summed E-state index contributed by atoms with van der Waals surface area (Å²) in [6.45, 7) is 4.49. The Morgan fingerprint density at radius 2 is 2.00 bits per heavy atom. The number of β-amino-alcohol motifs (C(OH)–C–C–N with tert-alkyl or cyclic N) is 1. The van der Waals surface area contributed by atoms with Crippen LogP contribution in [0.2, 0.25) is 0 Å². The summed E-state index contributed by atoms with van der Waals surface area (Å²) in [5, 5.41) is 12.9. The molecule has 0 unspecified atom stereocenters. The number of pyridine rings is 1. The second-order valence-corrected chi connectivity index (χ2v) is 8.33. The minimum Gasteiger partial charge on any atom is -0.392 e. The van der Waals surface area contributed by atoms with Gasteiger partial charge in [0.15, 0.2) is 0 Å². The molecule has 1 spiro atoms. The van der Waals surface area contributed by atoms with Gasteiger partial charge in [0.05, 0.1) is 17.2 Å². The van der Waals surface area contributed by atoms with Crippen molar-refractivity contribution in [1.82, 2.24) is 25.0 Å². The molecule has 2 N–H and O–H groups in total. The first-order valence-electron chi connectivity index (χ1n) is 10.0. The summed E-state index contributed by atoms with van der Waals surface area (Å²) in [7, 11) is 0. The lowest BCUT2D eigenvalue weighted by Gasteiger charge is -2.60. The van der Waals surface area contributed by atoms with Crippen molar-refractivity contribution in [2.45, 2.75) is 37.5 Å². The molecule has 3 saturated heterocycles. The van der Waals surface area contributed by atoms with Gasteiger partial charge >= 0.3 is 0 Å². The van der Waals surface area contributed by atoms with E-state index in [9.17, 15) is 19.5 Å². The van der Waals surface area contributed by atoms with Crippen LogP contribution in [0.1, 0.15) is 30.1 Å². The number of carbonyl (C=O) groups is 3. The van der Waals surface area contributed by atoms with Gasteiger partial charge in [-0.25, -0.2) is 0 Å². The Bertz CT molecular complexity index is 795. The van der Waals surface area contributed by atoms with Crippen molar-refractivity contribution in [2.75, 3.05) is 39.3 Å². The fourth-order valence-corrected chi connectivity index (χ4v) is 4.87. The van der Waals surface area contributed by atoms with Gasteiger partial charge in [-0.05, 0) is 18.6 Å². The number of likely N-dealkylation sites (tertiary alicyclic amines) is 1. The summed E-state index contributed by atoms with van der Waals surface area (Å²) >= 11 is 0. The van der Waals surface area contributed by atoms with E-state index in [0.717, 1.165) is 0 Å². The van der Waals surface area contributed by atoms with Crippen molar-refractivity contribution >= 4 is 17.7 Å². The van der Waals surface area contributed by atoms with Crippen LogP contribution in [0.25, 0.3) is 0 Å². The maximum atomic E-state index is 12.7. The van der Waals surface area contributed by atoms with Crippen molar-refractivity contribution in [3.63, 3.8) is 0 Å². The van der Waals surface area contributed by atoms with E-state index in [4.69, 9.17) is 0 Å². The molecule has 9 heteroatoms. The molecule has 4 heterocycles. The average Bonchev–Trinajstić information content (AvgIpc) is 3.05. The molecule has 1 aromatic heterocycles. The molecule has 3 aliphatic heterocycles. The minimum absolute atomic E-state index is 0.00352. The molecular weight excluding hydrogens is 374 g/mol. The highest BCUT2D eigenvalue weighted by atomic mass is 16.3. The molecule has 1 aromatic rings. The van der Waals surface area contributed by atoms with Gasteiger partial charge in [-0.15, -0.1) is 0 Å². The van der Waals surface area contributed by atoms with Crippen LogP contribution >= 0.6 is 0 Å². The van der Waals surface area contributed by atoms with E-state index in [-0.39, 0.29) is 35.7 Å². The minimum atomic E-state index is -0.408. The number of hydrogen-bond acceptors (Lipinski definition) is 6. The first-order chi connectivity index (χ1) is 13.9. The SMILES string of the molecule is CC(=O)NCCC(=O)N1C[C@@H]2C[C@@H](O)CN2C2(C1)CN(C(=O)c1cccnc1)C2. The van der Waals surface area contributed by atoms with Gasteiger partial charge < -0.3 is 20.2 Å². The van der Waals surface area contributed by atoms with Crippen LogP contribution in [0.4, 0.5) is 0 Å². The molecule has 3 aliphatic rings. The second-order valence-electron chi connectivity index (χ2n) is 8.33. The van der Waals surface area contributed by atoms with Gasteiger partial charge in [0.2, 0.25) is 11.8 Å². The highest BCUT2D eigenvalue weighted by Gasteiger charge is 2.57. The van der Waals surface area contributed by atoms with E-state index >= 15 is 0 Å². The van der Waals surface area contributed by atoms with E-state index in [1.165, 1.54) is 6.92 Å². The van der Waals surface area contributed by atoms with Crippen LogP contribution in [0.15, 0.2) is 24.5 Å². The Labute approximate surface area is 169 Å². The van der Waals surface area contributed by atoms with E-state index in [1.807, 2.05) is 4.90 Å². The van der Waals surface area contributed by atoms with Crippen LogP contribution in [0.3, 0.4) is 0 Å². The quantitative estimate of drug-likeness (QED) is 0.676. The molecule has 2 atom stereocenters. The number of nitrogens with zero attached hydrogens (tertiary/aromatic N) is 4. The van der Waals surface area contributed by atoms with Crippen LogP contribution in [-0.2, 0) is 9.59 Å². The van der Waals surface area contributed by atoms with E-state index in [1.54, 1.807) is 29.4 Å². The largest absolute Gasteiger partial charge is 0.392 e. The van der Waals surface area contributed by atoms with Gasteiger partial charge in [0.25, 0.3) is 5.91 Å². The Morgan fingerprint density at radius 1 is 1.24 bits per heavy atom. The van der Waals surface area contributed by atoms with Gasteiger partial charge in [0, 0.05) is 71.0 Å². The number of fused-ring (bicyclic) bond motifs is 2. The van der Waals surface area contributed by atoms with E-state index < -0.39 is 6.10 Å². The zero-order chi connectivity index (χ0) is 20.6. The molecule has 4 rings (SSSR count). The standard InChI is InChI=1S/C20H27N5O4/c1-14(26)22-6-4-18(28)23-9-16-7-17(27)10-25(16)20(11-23)12-24(13-20)19(29)15-3-2-5-21-8-15/h2-3,5,8,16-17,27H,4,6-7,9-13H2,1H3,(H,22,26)/t16-,17+/m0/s1. The van der Waals surface area contributed by atoms with Crippen LogP contribution in [0, 0.1) is 0 Å². The number of aliphatic hydroxyl groups is 1. The van der Waals surface area contributed by atoms with Gasteiger partial charge in [-0.3, -0.25) is 24.3 Å². The lowest BCUT2D eigenvalue weighted by atomic mass is 9.83. The van der Waals surface area contributed by atoms with Crippen LogP contribution in [0.5, 0.6) is 0 Å². The molecule has 0 bridgehead atoms. The average molecular weight is 401 g/mol. The third kappa shape index (κ3) is 3.84. The third-order valence-corrected chi connectivity index (χ3v) is 6.15. The van der Waals surface area contributed by atoms with Gasteiger partial charge in [-0.2, -0.15) is 0 Å². The zero-order valence-electron chi connectivity index (χ0n) is 16.6. The number of aliphatic hydroxyl groups excluding tert-OH is 1. The lowest BCUT2D eigenvalue weighted by Crippen LogP contribution is -2.79. The van der Waals surface area contributed by atoms with Gasteiger partial charge in [0.1, 0.15) is 0 Å². The smallest absolute Gasteiger partial charge is 0.255 e. The predicted octanol–water partition coefficient (Wildman–Crippen LogP) is -0.920. The summed E-state index contributed by atoms with van der Waals surface area (Å²) in [6.07, 6.45) is 3.68. The fourth-order valence-electron chi connectivity index (χ4n) is 4.87. The number of amides is 3. The van der Waals surface area contributed by atoms with Crippen molar-refractivity contribution in [2.24, 2.45) is 0 Å². The Morgan fingerprint density at radius 3 is 2.69 bits per heavy atom. The summed E-state index contributed by atoms with van der Waals surface area (Å²) in [5.41, 5.74) is 0.237. The molecule has 0 radical (unpaired) electrons. The molecule has 0 aromatic carbocycles. The summed E-state index contributed by atoms with van der Waals surface area (Å²) < 4.78 is 0. The number of hydrogen-bond donors (Lipinski definition) is 2. The molecule has 0 saturated carbocycles. The van der Waals surface area contributed by atoms with Crippen molar-refractivity contribution in [3.05, 3.63) is 30.1 Å². The van der Waals surface area contributed by atoms with Gasteiger partial charge in [-0.1, -0.05) is 0 Å². The normalized spacial score (nSPS) is 25.4. The van der Waals surface area contributed by atoms with Crippen LogP contribution in [-0.4, -0.2) is 99.5 Å². The number of carbonyl (C=O) groups excluding carboxylic acids is 3. The topological polar surface area (TPSA) is 106 Å². The number of nitrogens with one attached hydrogen (secondary N) is 1. The highest BCUT2D eigenvalue weighted by Crippen LogP contribution is 2.39. The van der Waals surface area contributed by atoms with Crippen LogP contribution < -0.4 is 5.32 Å². The first-order valence-corrected chi connectivity index (χ1v) is 10.0. The molecule has 9 nitrogen and oxygen atoms in total. The Kier molecular flexibility index (Phi) is 5.26. The molecule has 3 amide bonds. The number of rotatable bonds is 4. The Hall–Kier alpha value is -2.52. The zero-order valence-corrected chi connectivity index (χ0v) is 16.6. The lowest BCUT2D eigenvalue weighted by molar-refractivity contribution is -0.146. The third-order valence-electron chi connectivity index (χ3n) is 6.15. The second kappa shape index (κ2) is 7.72.